The van der Waals surface area contributed by atoms with Crippen molar-refractivity contribution in [1.82, 2.24) is 15.5 Å². The molecule has 0 fully saturated rings. The molecule has 1 N–H and O–H groups in total. The van der Waals surface area contributed by atoms with Gasteiger partial charge in [-0.3, -0.25) is 0 Å². The van der Waals surface area contributed by atoms with Crippen LogP contribution in [0.3, 0.4) is 0 Å². The first kappa shape index (κ1) is 10.8. The maximum absolute atomic E-state index is 12.9. The normalized spacial score (nSPS) is 10.6. The third kappa shape index (κ3) is 2.64. The Labute approximate surface area is 92.5 Å². The second kappa shape index (κ2) is 4.85. The summed E-state index contributed by atoms with van der Waals surface area (Å²) in [6.07, 6.45) is 0.453. The predicted molar refractivity (Wildman–Crippen MR) is 56.3 cm³/mol. The summed E-state index contributed by atoms with van der Waals surface area (Å²) in [6.45, 7) is 0.538. The van der Waals surface area contributed by atoms with Crippen LogP contribution >= 0.6 is 0 Å². The van der Waals surface area contributed by atoms with Crippen LogP contribution < -0.4 is 5.32 Å². The number of halogens is 1. The summed E-state index contributed by atoms with van der Waals surface area (Å²) in [4.78, 5) is 0. The third-order valence-corrected chi connectivity index (χ3v) is 2.08. The standard InChI is InChI=1S/C11H12FN3O/c1-13-7-11-15-14-10(16-11)6-8-3-2-4-9(12)5-8/h2-5,13H,6-7H2,1H3. The molecule has 4 nitrogen and oxygen atoms in total. The van der Waals surface area contributed by atoms with Gasteiger partial charge >= 0.3 is 0 Å². The number of rotatable bonds is 4. The molecule has 84 valence electrons. The molecule has 0 aliphatic carbocycles. The van der Waals surface area contributed by atoms with Crippen molar-refractivity contribution in [3.05, 3.63) is 47.4 Å². The molecule has 0 aliphatic rings. The van der Waals surface area contributed by atoms with Gasteiger partial charge in [-0.1, -0.05) is 12.1 Å². The van der Waals surface area contributed by atoms with Gasteiger partial charge in [0.1, 0.15) is 5.82 Å². The highest BCUT2D eigenvalue weighted by Gasteiger charge is 2.06. The van der Waals surface area contributed by atoms with E-state index in [9.17, 15) is 4.39 Å². The Hall–Kier alpha value is -1.75. The summed E-state index contributed by atoms with van der Waals surface area (Å²) in [5.74, 6) is 0.775. The monoisotopic (exact) mass is 221 g/mol. The van der Waals surface area contributed by atoms with Crippen molar-refractivity contribution in [2.75, 3.05) is 7.05 Å². The van der Waals surface area contributed by atoms with Gasteiger partial charge in [-0.25, -0.2) is 4.39 Å². The molecular weight excluding hydrogens is 209 g/mol. The van der Waals surface area contributed by atoms with Crippen LogP contribution in [0.15, 0.2) is 28.7 Å². The number of nitrogens with one attached hydrogen (secondary N) is 1. The van der Waals surface area contributed by atoms with Gasteiger partial charge in [0, 0.05) is 0 Å². The van der Waals surface area contributed by atoms with Gasteiger partial charge in [0.05, 0.1) is 13.0 Å². The van der Waals surface area contributed by atoms with Crippen LogP contribution in [0, 0.1) is 5.82 Å². The summed E-state index contributed by atoms with van der Waals surface area (Å²) in [6, 6.07) is 6.35. The van der Waals surface area contributed by atoms with Crippen LogP contribution in [-0.4, -0.2) is 17.2 Å². The highest BCUT2D eigenvalue weighted by Crippen LogP contribution is 2.09. The van der Waals surface area contributed by atoms with Crippen LogP contribution in [0.2, 0.25) is 0 Å². The highest BCUT2D eigenvalue weighted by atomic mass is 19.1. The van der Waals surface area contributed by atoms with Gasteiger partial charge in [-0.2, -0.15) is 0 Å². The Bertz CT molecular complexity index is 470. The van der Waals surface area contributed by atoms with Crippen LogP contribution in [0.25, 0.3) is 0 Å². The smallest absolute Gasteiger partial charge is 0.230 e. The summed E-state index contributed by atoms with van der Waals surface area (Å²) in [7, 11) is 1.80. The van der Waals surface area contributed by atoms with Gasteiger partial charge in [-0.15, -0.1) is 10.2 Å². The fraction of sp³-hybridized carbons (Fsp3) is 0.273. The molecule has 16 heavy (non-hydrogen) atoms. The lowest BCUT2D eigenvalue weighted by molar-refractivity contribution is 0.447. The zero-order chi connectivity index (χ0) is 11.4. The minimum absolute atomic E-state index is 0.257. The molecule has 0 spiro atoms. The molecule has 0 bridgehead atoms. The zero-order valence-corrected chi connectivity index (χ0v) is 8.90. The largest absolute Gasteiger partial charge is 0.424 e. The van der Waals surface area contributed by atoms with E-state index in [4.69, 9.17) is 4.42 Å². The van der Waals surface area contributed by atoms with Crippen LogP contribution in [-0.2, 0) is 13.0 Å². The molecular formula is C11H12FN3O. The van der Waals surface area contributed by atoms with Crippen molar-refractivity contribution >= 4 is 0 Å². The minimum Gasteiger partial charge on any atom is -0.424 e. The number of benzene rings is 1. The van der Waals surface area contributed by atoms with Gasteiger partial charge in [0.25, 0.3) is 0 Å². The summed E-state index contributed by atoms with van der Waals surface area (Å²) in [5.41, 5.74) is 0.819. The zero-order valence-electron chi connectivity index (χ0n) is 8.90. The lowest BCUT2D eigenvalue weighted by Gasteiger charge is -1.96. The number of aromatic nitrogens is 2. The van der Waals surface area contributed by atoms with Crippen molar-refractivity contribution in [2.24, 2.45) is 0 Å². The number of hydrogen-bond donors (Lipinski definition) is 1. The topological polar surface area (TPSA) is 51.0 Å². The lowest BCUT2D eigenvalue weighted by atomic mass is 10.1. The SMILES string of the molecule is CNCc1nnc(Cc2cccc(F)c2)o1. The van der Waals surface area contributed by atoms with Crippen molar-refractivity contribution in [3.8, 4) is 0 Å². The summed E-state index contributed by atoms with van der Waals surface area (Å²) >= 11 is 0. The molecule has 1 aromatic carbocycles. The molecule has 2 aromatic rings. The number of nitrogens with zero attached hydrogens (tertiary/aromatic N) is 2. The van der Waals surface area contributed by atoms with E-state index in [1.807, 2.05) is 6.07 Å². The van der Waals surface area contributed by atoms with Crippen LogP contribution in [0.5, 0.6) is 0 Å². The Balaban J connectivity index is 2.08. The summed E-state index contributed by atoms with van der Waals surface area (Å²) < 4.78 is 18.3. The molecule has 0 saturated carbocycles. The Kier molecular flexibility index (Phi) is 3.26. The van der Waals surface area contributed by atoms with Crippen LogP contribution in [0.4, 0.5) is 4.39 Å². The van der Waals surface area contributed by atoms with Crippen molar-refractivity contribution in [1.29, 1.82) is 0 Å². The first-order valence-corrected chi connectivity index (χ1v) is 4.98. The Morgan fingerprint density at radius 1 is 1.31 bits per heavy atom. The first-order valence-electron chi connectivity index (χ1n) is 4.98. The molecule has 2 rings (SSSR count). The second-order valence-electron chi connectivity index (χ2n) is 3.43. The highest BCUT2D eigenvalue weighted by molar-refractivity contribution is 5.19. The fourth-order valence-corrected chi connectivity index (χ4v) is 1.40. The molecule has 1 aromatic heterocycles. The van der Waals surface area contributed by atoms with Crippen LogP contribution in [0.1, 0.15) is 17.3 Å². The Morgan fingerprint density at radius 2 is 2.12 bits per heavy atom. The fourth-order valence-electron chi connectivity index (χ4n) is 1.40. The van der Waals surface area contributed by atoms with Crippen molar-refractivity contribution in [2.45, 2.75) is 13.0 Å². The van der Waals surface area contributed by atoms with E-state index in [0.717, 1.165) is 5.56 Å². The number of hydrogen-bond acceptors (Lipinski definition) is 4. The average Bonchev–Trinajstić information content (AvgIpc) is 2.66. The van der Waals surface area contributed by atoms with E-state index in [0.29, 0.717) is 24.7 Å². The first-order chi connectivity index (χ1) is 7.78. The van der Waals surface area contributed by atoms with E-state index >= 15 is 0 Å². The molecule has 0 radical (unpaired) electrons. The maximum Gasteiger partial charge on any atom is 0.230 e. The molecule has 0 atom stereocenters. The minimum atomic E-state index is -0.257. The second-order valence-corrected chi connectivity index (χ2v) is 3.43. The Morgan fingerprint density at radius 3 is 2.88 bits per heavy atom. The van der Waals surface area contributed by atoms with Crippen molar-refractivity contribution < 1.29 is 8.81 Å². The quantitative estimate of drug-likeness (QED) is 0.850. The van der Waals surface area contributed by atoms with Gasteiger partial charge in [0.2, 0.25) is 11.8 Å². The van der Waals surface area contributed by atoms with E-state index < -0.39 is 0 Å². The molecule has 0 amide bonds. The predicted octanol–water partition coefficient (Wildman–Crippen LogP) is 1.52. The molecule has 5 heteroatoms. The van der Waals surface area contributed by atoms with Gasteiger partial charge in [0.15, 0.2) is 0 Å². The summed E-state index contributed by atoms with van der Waals surface area (Å²) in [5, 5.41) is 10.6. The molecule has 0 unspecified atom stereocenters. The third-order valence-electron chi connectivity index (χ3n) is 2.08. The van der Waals surface area contributed by atoms with Gasteiger partial charge in [-0.05, 0) is 24.7 Å². The van der Waals surface area contributed by atoms with E-state index in [-0.39, 0.29) is 5.82 Å². The molecule has 1 heterocycles. The van der Waals surface area contributed by atoms with E-state index in [1.54, 1.807) is 13.1 Å². The van der Waals surface area contributed by atoms with E-state index in [1.165, 1.54) is 12.1 Å². The maximum atomic E-state index is 12.9. The molecule has 0 saturated heterocycles. The van der Waals surface area contributed by atoms with E-state index in [2.05, 4.69) is 15.5 Å². The average molecular weight is 221 g/mol. The lowest BCUT2D eigenvalue weighted by Crippen LogP contribution is -2.04. The van der Waals surface area contributed by atoms with Gasteiger partial charge < -0.3 is 9.73 Å². The molecule has 0 aliphatic heterocycles. The van der Waals surface area contributed by atoms with Crippen molar-refractivity contribution in [3.63, 3.8) is 0 Å².